The summed E-state index contributed by atoms with van der Waals surface area (Å²) < 4.78 is 43.1. The second-order valence-corrected chi connectivity index (χ2v) is 14.7. The molecule has 0 aromatic heterocycles. The highest BCUT2D eigenvalue weighted by atomic mass is 16.6. The molecule has 47 heavy (non-hydrogen) atoms. The minimum atomic E-state index is -1.79. The zero-order valence-electron chi connectivity index (χ0n) is 28.3. The summed E-state index contributed by atoms with van der Waals surface area (Å²) in [6, 6.07) is 6.32. The number of aliphatic hydroxyl groups is 2. The standard InChI is InChI=1S/C35H49NO11/c1-8-36-16-32(17-41-3)14-13-22(43-5)34-21-15-33(40)29(46-31(39)19-9-11-20(42-4)12-10-19)23(21)35(47-18(2)37,28(38)30(33)45-7)24(27(34)36)25(44-6)26(32)34/h9-12,21-30,38,40H,8,13-17H2,1-7H3/t21-,22+,23-,24-,25-,26-,27+,28+,29-,30+,32+,33-,34-,35+/m1/s1. The fraction of sp³-hybridized carbons (Fsp3) is 0.771. The smallest absolute Gasteiger partial charge is 0.338 e. The van der Waals surface area contributed by atoms with E-state index in [0.29, 0.717) is 18.9 Å². The number of ether oxygens (including phenoxy) is 7. The maximum atomic E-state index is 13.9. The maximum absolute atomic E-state index is 13.9. The molecule has 5 saturated carbocycles. The van der Waals surface area contributed by atoms with Gasteiger partial charge in [0, 0.05) is 76.5 Å². The Hall–Kier alpha value is -2.32. The molecule has 260 valence electrons. The van der Waals surface area contributed by atoms with Gasteiger partial charge in [0.2, 0.25) is 0 Å². The van der Waals surface area contributed by atoms with Crippen molar-refractivity contribution in [3.8, 4) is 5.75 Å². The number of carbonyl (C=O) groups excluding carboxylic acids is 2. The van der Waals surface area contributed by atoms with E-state index in [4.69, 9.17) is 33.2 Å². The van der Waals surface area contributed by atoms with Gasteiger partial charge < -0.3 is 43.4 Å². The lowest BCUT2D eigenvalue weighted by molar-refractivity contribution is -0.317. The molecule has 2 N–H and O–H groups in total. The Morgan fingerprint density at radius 1 is 1.00 bits per heavy atom. The molecule has 0 unspecified atom stereocenters. The number of piperidine rings is 1. The van der Waals surface area contributed by atoms with Crippen molar-refractivity contribution in [2.24, 2.45) is 34.5 Å². The molecule has 1 aromatic rings. The second-order valence-electron chi connectivity index (χ2n) is 14.7. The summed E-state index contributed by atoms with van der Waals surface area (Å²) >= 11 is 0. The van der Waals surface area contributed by atoms with E-state index in [9.17, 15) is 19.8 Å². The lowest BCUT2D eigenvalue weighted by Crippen LogP contribution is -2.80. The summed E-state index contributed by atoms with van der Waals surface area (Å²) in [6.45, 7) is 5.39. The van der Waals surface area contributed by atoms with Crippen molar-refractivity contribution in [1.82, 2.24) is 4.90 Å². The van der Waals surface area contributed by atoms with Crippen molar-refractivity contribution in [1.29, 1.82) is 0 Å². The van der Waals surface area contributed by atoms with Crippen molar-refractivity contribution < 1.29 is 53.0 Å². The number of rotatable bonds is 10. The van der Waals surface area contributed by atoms with E-state index < -0.39 is 70.7 Å². The van der Waals surface area contributed by atoms with Gasteiger partial charge in [0.1, 0.15) is 29.7 Å². The predicted molar refractivity (Wildman–Crippen MR) is 166 cm³/mol. The molecule has 6 aliphatic rings. The molecule has 1 aliphatic heterocycles. The van der Waals surface area contributed by atoms with Gasteiger partial charge in [-0.1, -0.05) is 6.92 Å². The molecule has 0 radical (unpaired) electrons. The third-order valence-corrected chi connectivity index (χ3v) is 13.4. The highest BCUT2D eigenvalue weighted by molar-refractivity contribution is 5.89. The number of carbonyl (C=O) groups is 2. The molecule has 5 aliphatic carbocycles. The zero-order chi connectivity index (χ0) is 33.7. The molecular formula is C35H49NO11. The first kappa shape index (κ1) is 33.2. The van der Waals surface area contributed by atoms with Gasteiger partial charge in [0.25, 0.3) is 0 Å². The van der Waals surface area contributed by atoms with Crippen LogP contribution in [0.2, 0.25) is 0 Å². The van der Waals surface area contributed by atoms with Gasteiger partial charge in [0.05, 0.1) is 31.5 Å². The predicted octanol–water partition coefficient (Wildman–Crippen LogP) is 1.69. The third kappa shape index (κ3) is 3.95. The molecule has 1 spiro atoms. The first-order valence-corrected chi connectivity index (χ1v) is 16.8. The van der Waals surface area contributed by atoms with Gasteiger partial charge in [0.15, 0.2) is 5.60 Å². The Labute approximate surface area is 275 Å². The first-order chi connectivity index (χ1) is 22.5. The number of aliphatic hydroxyl groups excluding tert-OH is 1. The molecule has 1 heterocycles. The Morgan fingerprint density at radius 3 is 2.30 bits per heavy atom. The Morgan fingerprint density at radius 2 is 1.72 bits per heavy atom. The average molecular weight is 660 g/mol. The van der Waals surface area contributed by atoms with Crippen LogP contribution in [0.1, 0.15) is 43.5 Å². The van der Waals surface area contributed by atoms with E-state index in [1.165, 1.54) is 14.0 Å². The molecule has 1 aromatic carbocycles. The largest absolute Gasteiger partial charge is 0.497 e. The molecule has 12 nitrogen and oxygen atoms in total. The summed E-state index contributed by atoms with van der Waals surface area (Å²) in [7, 11) is 8.11. The van der Waals surface area contributed by atoms with Crippen LogP contribution in [0.15, 0.2) is 24.3 Å². The first-order valence-electron chi connectivity index (χ1n) is 16.8. The Kier molecular flexibility index (Phi) is 8.02. The van der Waals surface area contributed by atoms with Gasteiger partial charge >= 0.3 is 11.9 Å². The van der Waals surface area contributed by atoms with Gasteiger partial charge in [-0.3, -0.25) is 9.69 Å². The van der Waals surface area contributed by atoms with Crippen molar-refractivity contribution in [3.05, 3.63) is 29.8 Å². The van der Waals surface area contributed by atoms with Crippen LogP contribution in [-0.4, -0.2) is 130 Å². The molecule has 7 bridgehead atoms. The van der Waals surface area contributed by atoms with Gasteiger partial charge in [-0.05, 0) is 56.0 Å². The fourth-order valence-electron chi connectivity index (χ4n) is 12.5. The van der Waals surface area contributed by atoms with Crippen LogP contribution in [0.5, 0.6) is 5.75 Å². The molecule has 12 heteroatoms. The highest BCUT2D eigenvalue weighted by Gasteiger charge is 2.91. The minimum Gasteiger partial charge on any atom is -0.497 e. The zero-order valence-corrected chi connectivity index (χ0v) is 28.3. The summed E-state index contributed by atoms with van der Waals surface area (Å²) in [5.41, 5.74) is -4.08. The molecule has 14 atom stereocenters. The summed E-state index contributed by atoms with van der Waals surface area (Å²) in [6.07, 6.45) is -2.79. The molecule has 6 fully saturated rings. The summed E-state index contributed by atoms with van der Waals surface area (Å²) in [4.78, 5) is 29.6. The quantitative estimate of drug-likeness (QED) is 0.353. The number of likely N-dealkylation sites (tertiary alicyclic amines) is 1. The molecule has 7 rings (SSSR count). The topological polar surface area (TPSA) is 142 Å². The SMILES string of the molecule is CCN1C[C@]2(COC)CC[C@H](OC)[C@]34[C@@H]5C[C@@]6(O)[C@H](OC(=O)c7ccc(OC)cc7)[C@@H]5[C@](OC(C)=O)([C@H]([C@@H](OC)[C@H]23)[C@H]14)[C@@H](O)[C@@H]6OC. The normalized spacial score (nSPS) is 47.4. The van der Waals surface area contributed by atoms with Crippen LogP contribution < -0.4 is 4.74 Å². The third-order valence-electron chi connectivity index (χ3n) is 13.4. The van der Waals surface area contributed by atoms with E-state index in [1.54, 1.807) is 52.7 Å². The Balaban J connectivity index is 1.48. The van der Waals surface area contributed by atoms with E-state index in [0.717, 1.165) is 19.4 Å². The van der Waals surface area contributed by atoms with Crippen LogP contribution >= 0.6 is 0 Å². The van der Waals surface area contributed by atoms with Crippen LogP contribution in [0.4, 0.5) is 0 Å². The van der Waals surface area contributed by atoms with E-state index in [1.807, 2.05) is 0 Å². The van der Waals surface area contributed by atoms with Crippen molar-refractivity contribution in [2.75, 3.05) is 55.2 Å². The number of esters is 2. The van der Waals surface area contributed by atoms with E-state index >= 15 is 0 Å². The molecule has 1 saturated heterocycles. The number of nitrogens with zero attached hydrogens (tertiary/aromatic N) is 1. The minimum absolute atomic E-state index is 0.118. The highest BCUT2D eigenvalue weighted by Crippen LogP contribution is 2.80. The maximum Gasteiger partial charge on any atom is 0.338 e. The van der Waals surface area contributed by atoms with Crippen molar-refractivity contribution in [3.63, 3.8) is 0 Å². The Bertz CT molecular complexity index is 1390. The van der Waals surface area contributed by atoms with Crippen LogP contribution in [0.25, 0.3) is 0 Å². The lowest BCUT2D eigenvalue weighted by Gasteiger charge is -2.69. The lowest BCUT2D eigenvalue weighted by atomic mass is 9.43. The van der Waals surface area contributed by atoms with E-state index in [-0.39, 0.29) is 35.5 Å². The van der Waals surface area contributed by atoms with E-state index in [2.05, 4.69) is 11.8 Å². The number of hydrogen-bond donors (Lipinski definition) is 2. The molecule has 0 amide bonds. The van der Waals surface area contributed by atoms with Gasteiger partial charge in [-0.25, -0.2) is 4.79 Å². The second kappa shape index (κ2) is 11.4. The van der Waals surface area contributed by atoms with Crippen LogP contribution in [-0.2, 0) is 33.2 Å². The molecular weight excluding hydrogens is 610 g/mol. The number of methoxy groups -OCH3 is 5. The van der Waals surface area contributed by atoms with Crippen LogP contribution in [0.3, 0.4) is 0 Å². The summed E-state index contributed by atoms with van der Waals surface area (Å²) in [5.74, 6) is -2.51. The van der Waals surface area contributed by atoms with Gasteiger partial charge in [-0.15, -0.1) is 0 Å². The monoisotopic (exact) mass is 659 g/mol. The number of benzene rings is 1. The van der Waals surface area contributed by atoms with Gasteiger partial charge in [-0.2, -0.15) is 0 Å². The van der Waals surface area contributed by atoms with Crippen molar-refractivity contribution in [2.45, 2.75) is 80.9 Å². The number of fused-ring (bicyclic) bond motifs is 2. The van der Waals surface area contributed by atoms with Crippen LogP contribution in [0, 0.1) is 34.5 Å². The summed E-state index contributed by atoms with van der Waals surface area (Å²) in [5, 5.41) is 25.4. The van der Waals surface area contributed by atoms with Crippen molar-refractivity contribution >= 4 is 11.9 Å². The number of hydrogen-bond acceptors (Lipinski definition) is 12. The average Bonchev–Trinajstić information content (AvgIpc) is 3.43. The fourth-order valence-corrected chi connectivity index (χ4v) is 12.5.